The molecule has 2 aromatic rings. The van der Waals surface area contributed by atoms with E-state index < -0.39 is 6.04 Å². The minimum absolute atomic E-state index is 0.158. The average molecular weight is 399 g/mol. The van der Waals surface area contributed by atoms with Gasteiger partial charge in [0.05, 0.1) is 0 Å². The van der Waals surface area contributed by atoms with Crippen LogP contribution in [0.2, 0.25) is 0 Å². The van der Waals surface area contributed by atoms with E-state index in [1.54, 1.807) is 11.5 Å². The molecule has 1 aromatic carbocycles. The van der Waals surface area contributed by atoms with Crippen molar-refractivity contribution in [2.24, 2.45) is 0 Å². The summed E-state index contributed by atoms with van der Waals surface area (Å²) in [6.07, 6.45) is 6.77. The Labute approximate surface area is 169 Å². The van der Waals surface area contributed by atoms with Gasteiger partial charge in [0.15, 0.2) is 5.69 Å². The van der Waals surface area contributed by atoms with Crippen molar-refractivity contribution in [3.63, 3.8) is 0 Å². The Morgan fingerprint density at radius 3 is 2.61 bits per heavy atom. The largest absolute Gasteiger partial charge is 0.351 e. The fourth-order valence-corrected chi connectivity index (χ4v) is 4.04. The molecule has 1 N–H and O–H groups in total. The predicted molar refractivity (Wildman–Crippen MR) is 110 cm³/mol. The van der Waals surface area contributed by atoms with Crippen molar-refractivity contribution in [1.82, 2.24) is 19.8 Å². The molecule has 2 amide bonds. The Balaban J connectivity index is 1.94. The number of carbonyl (C=O) groups excluding carboxylic acids is 2. The summed E-state index contributed by atoms with van der Waals surface area (Å²) in [4.78, 5) is 27.9. The summed E-state index contributed by atoms with van der Waals surface area (Å²) in [5, 5.41) is 8.64. The lowest BCUT2D eigenvalue weighted by atomic mass is 10.0. The Bertz CT molecular complexity index is 798. The molecule has 3 rings (SSSR count). The highest BCUT2D eigenvalue weighted by atomic mass is 32.1. The van der Waals surface area contributed by atoms with Crippen molar-refractivity contribution in [2.45, 2.75) is 51.1 Å². The molecule has 1 aliphatic rings. The number of nitrogens with zero attached hydrogens (tertiary/aromatic N) is 3. The normalized spacial score (nSPS) is 15.2. The first kappa shape index (κ1) is 20.2. The highest BCUT2D eigenvalue weighted by molar-refractivity contribution is 7.03. The van der Waals surface area contributed by atoms with Crippen LogP contribution in [0.5, 0.6) is 0 Å². The number of carbonyl (C=O) groups is 2. The van der Waals surface area contributed by atoms with Crippen LogP contribution < -0.4 is 5.32 Å². The highest BCUT2D eigenvalue weighted by Crippen LogP contribution is 2.26. The van der Waals surface area contributed by atoms with Crippen molar-refractivity contribution in [3.8, 4) is 0 Å². The quantitative estimate of drug-likeness (QED) is 0.690. The molecule has 0 bridgehead atoms. The van der Waals surface area contributed by atoms with Gasteiger partial charge in [0, 0.05) is 18.0 Å². The van der Waals surface area contributed by atoms with Crippen LogP contribution in [0.1, 0.15) is 60.3 Å². The molecule has 1 aliphatic carbocycles. The van der Waals surface area contributed by atoms with E-state index in [1.165, 1.54) is 10.5 Å². The summed E-state index contributed by atoms with van der Waals surface area (Å²) in [6.45, 7) is 6.10. The Morgan fingerprint density at radius 2 is 2.04 bits per heavy atom. The van der Waals surface area contributed by atoms with Crippen molar-refractivity contribution >= 4 is 23.3 Å². The van der Waals surface area contributed by atoms with Crippen LogP contribution in [-0.2, 0) is 11.2 Å². The molecule has 6 nitrogen and oxygen atoms in total. The van der Waals surface area contributed by atoms with E-state index in [4.69, 9.17) is 0 Å². The lowest BCUT2D eigenvalue weighted by Crippen LogP contribution is -2.46. The topological polar surface area (TPSA) is 75.2 Å². The maximum Gasteiger partial charge on any atom is 0.276 e. The molecule has 1 aromatic heterocycles. The third-order valence-corrected chi connectivity index (χ3v) is 5.64. The molecule has 1 saturated carbocycles. The Kier molecular flexibility index (Phi) is 6.92. The molecule has 0 spiro atoms. The van der Waals surface area contributed by atoms with Crippen molar-refractivity contribution in [1.29, 1.82) is 0 Å². The number of amides is 2. The zero-order valence-electron chi connectivity index (χ0n) is 16.1. The average Bonchev–Trinajstić information content (AvgIpc) is 3.42. The summed E-state index contributed by atoms with van der Waals surface area (Å²) in [5.74, 6) is -0.477. The van der Waals surface area contributed by atoms with Crippen LogP contribution in [-0.4, -0.2) is 38.9 Å². The maximum absolute atomic E-state index is 13.3. The SMILES string of the molecule is C=CCN(C(=O)c1csnn1)C(C(=O)NC1CCCC1)c1ccc(CC)cc1. The smallest absolute Gasteiger partial charge is 0.276 e. The standard InChI is InChI=1S/C21H26N4O2S/c1-3-13-25(21(27)18-14-28-24-23-18)19(16-11-9-15(4-2)10-12-16)20(26)22-17-7-5-6-8-17/h3,9-12,14,17,19H,1,4-8,13H2,2H3,(H,22,26). The second-order valence-corrected chi connectivity index (χ2v) is 7.63. The van der Waals surface area contributed by atoms with Gasteiger partial charge in [-0.05, 0) is 41.9 Å². The van der Waals surface area contributed by atoms with Gasteiger partial charge >= 0.3 is 0 Å². The molecular weight excluding hydrogens is 372 g/mol. The first-order chi connectivity index (χ1) is 13.6. The molecule has 1 unspecified atom stereocenters. The van der Waals surface area contributed by atoms with E-state index in [1.807, 2.05) is 24.3 Å². The monoisotopic (exact) mass is 398 g/mol. The van der Waals surface area contributed by atoms with E-state index in [-0.39, 0.29) is 30.1 Å². The van der Waals surface area contributed by atoms with E-state index in [0.29, 0.717) is 0 Å². The number of hydrogen-bond acceptors (Lipinski definition) is 5. The minimum Gasteiger partial charge on any atom is -0.351 e. The first-order valence-corrected chi connectivity index (χ1v) is 10.6. The molecular formula is C21H26N4O2S. The highest BCUT2D eigenvalue weighted by Gasteiger charge is 2.33. The number of aryl methyl sites for hydroxylation is 1. The van der Waals surface area contributed by atoms with Gasteiger partial charge < -0.3 is 10.2 Å². The fraction of sp³-hybridized carbons (Fsp3) is 0.429. The number of nitrogens with one attached hydrogen (secondary N) is 1. The number of rotatable bonds is 8. The Morgan fingerprint density at radius 1 is 1.32 bits per heavy atom. The van der Waals surface area contributed by atoms with Crippen molar-refractivity contribution in [2.75, 3.05) is 6.54 Å². The summed E-state index contributed by atoms with van der Waals surface area (Å²) in [5.41, 5.74) is 2.21. The lowest BCUT2D eigenvalue weighted by molar-refractivity contribution is -0.126. The van der Waals surface area contributed by atoms with Crippen LogP contribution in [0, 0.1) is 0 Å². The van der Waals surface area contributed by atoms with Gasteiger partial charge in [0.2, 0.25) is 5.91 Å². The third-order valence-electron chi connectivity index (χ3n) is 5.13. The van der Waals surface area contributed by atoms with Crippen molar-refractivity contribution in [3.05, 3.63) is 59.1 Å². The minimum atomic E-state index is -0.737. The molecule has 0 aliphatic heterocycles. The number of aromatic nitrogens is 2. The van der Waals surface area contributed by atoms with Gasteiger partial charge in [0.1, 0.15) is 6.04 Å². The number of hydrogen-bond donors (Lipinski definition) is 1. The van der Waals surface area contributed by atoms with Crippen LogP contribution >= 0.6 is 11.5 Å². The summed E-state index contributed by atoms with van der Waals surface area (Å²) < 4.78 is 3.79. The second kappa shape index (κ2) is 9.59. The predicted octanol–water partition coefficient (Wildman–Crippen LogP) is 3.53. The zero-order valence-corrected chi connectivity index (χ0v) is 17.0. The zero-order chi connectivity index (χ0) is 19.9. The van der Waals surface area contributed by atoms with Crippen LogP contribution in [0.15, 0.2) is 42.3 Å². The van der Waals surface area contributed by atoms with E-state index in [0.717, 1.165) is 49.2 Å². The van der Waals surface area contributed by atoms with Gasteiger partial charge in [-0.3, -0.25) is 9.59 Å². The molecule has 7 heteroatoms. The van der Waals surface area contributed by atoms with Gasteiger partial charge in [-0.15, -0.1) is 11.7 Å². The van der Waals surface area contributed by atoms with Crippen LogP contribution in [0.3, 0.4) is 0 Å². The molecule has 1 atom stereocenters. The van der Waals surface area contributed by atoms with E-state index in [9.17, 15) is 9.59 Å². The molecule has 0 radical (unpaired) electrons. The molecule has 1 heterocycles. The molecule has 0 saturated heterocycles. The maximum atomic E-state index is 13.3. The second-order valence-electron chi connectivity index (χ2n) is 7.02. The molecule has 1 fully saturated rings. The van der Waals surface area contributed by atoms with Gasteiger partial charge in [0.25, 0.3) is 5.91 Å². The van der Waals surface area contributed by atoms with E-state index in [2.05, 4.69) is 28.4 Å². The van der Waals surface area contributed by atoms with Crippen LogP contribution in [0.4, 0.5) is 0 Å². The summed E-state index contributed by atoms with van der Waals surface area (Å²) >= 11 is 1.12. The lowest BCUT2D eigenvalue weighted by Gasteiger charge is -2.31. The van der Waals surface area contributed by atoms with E-state index >= 15 is 0 Å². The van der Waals surface area contributed by atoms with Gasteiger partial charge in [-0.2, -0.15) is 0 Å². The fourth-order valence-electron chi connectivity index (χ4n) is 3.61. The molecule has 148 valence electrons. The molecule has 28 heavy (non-hydrogen) atoms. The summed E-state index contributed by atoms with van der Waals surface area (Å²) in [7, 11) is 0. The van der Waals surface area contributed by atoms with Gasteiger partial charge in [-0.1, -0.05) is 54.6 Å². The van der Waals surface area contributed by atoms with Crippen molar-refractivity contribution < 1.29 is 9.59 Å². The van der Waals surface area contributed by atoms with Gasteiger partial charge in [-0.25, -0.2) is 0 Å². The van der Waals surface area contributed by atoms with Crippen LogP contribution in [0.25, 0.3) is 0 Å². The first-order valence-electron chi connectivity index (χ1n) is 9.72. The number of benzene rings is 1. The third kappa shape index (κ3) is 4.65. The summed E-state index contributed by atoms with van der Waals surface area (Å²) in [6, 6.07) is 7.31. The Hall–Kier alpha value is -2.54.